The van der Waals surface area contributed by atoms with Gasteiger partial charge >= 0.3 is 6.09 Å². The van der Waals surface area contributed by atoms with Crippen LogP contribution < -0.4 is 15.8 Å². The fourth-order valence-corrected chi connectivity index (χ4v) is 3.58. The maximum atomic E-state index is 12.1. The number of aromatic nitrogens is 3. The summed E-state index contributed by atoms with van der Waals surface area (Å²) < 4.78 is 30.4. The molecule has 0 atom stereocenters. The number of imidazole rings is 1. The molecule has 1 saturated carbocycles. The number of hydrogen-bond acceptors (Lipinski definition) is 7. The molecular formula is C18H17N5O5S. The Balaban J connectivity index is 1.77. The number of carbonyl (C=O) groups excluding carboxylic acids is 2. The van der Waals surface area contributed by atoms with E-state index < -0.39 is 15.9 Å². The van der Waals surface area contributed by atoms with Gasteiger partial charge in [-0.05, 0) is 25.0 Å². The summed E-state index contributed by atoms with van der Waals surface area (Å²) >= 11 is 0. The van der Waals surface area contributed by atoms with Gasteiger partial charge in [0.15, 0.2) is 15.5 Å². The average molecular weight is 415 g/mol. The lowest BCUT2D eigenvalue weighted by Gasteiger charge is -2.08. The van der Waals surface area contributed by atoms with Crippen molar-refractivity contribution in [2.45, 2.75) is 23.9 Å². The number of ether oxygens (including phenoxy) is 1. The third-order valence-electron chi connectivity index (χ3n) is 4.35. The Labute approximate surface area is 165 Å². The Morgan fingerprint density at radius 3 is 2.52 bits per heavy atom. The first-order valence-electron chi connectivity index (χ1n) is 8.69. The molecule has 0 saturated heterocycles. The largest absolute Gasteiger partial charge is 0.411 e. The highest BCUT2D eigenvalue weighted by Gasteiger charge is 2.24. The minimum Gasteiger partial charge on any atom is -0.390 e. The Hall–Kier alpha value is -3.47. The zero-order chi connectivity index (χ0) is 20.8. The topological polar surface area (TPSA) is 146 Å². The van der Waals surface area contributed by atoms with Crippen molar-refractivity contribution >= 4 is 27.5 Å². The number of sulfone groups is 1. The molecule has 3 aromatic rings. The van der Waals surface area contributed by atoms with Gasteiger partial charge in [-0.1, -0.05) is 12.1 Å². The number of nitrogens with zero attached hydrogens (tertiary/aromatic N) is 3. The van der Waals surface area contributed by atoms with Gasteiger partial charge < -0.3 is 15.8 Å². The van der Waals surface area contributed by atoms with Gasteiger partial charge in [-0.3, -0.25) is 9.20 Å². The van der Waals surface area contributed by atoms with Gasteiger partial charge in [0.05, 0.1) is 18.1 Å². The molecular weight excluding hydrogens is 398 g/mol. The molecule has 0 unspecified atom stereocenters. The van der Waals surface area contributed by atoms with E-state index in [1.54, 1.807) is 24.3 Å². The summed E-state index contributed by atoms with van der Waals surface area (Å²) in [4.78, 5) is 31.2. The molecule has 4 rings (SSSR count). The van der Waals surface area contributed by atoms with E-state index in [2.05, 4.69) is 15.3 Å². The molecule has 2 amide bonds. The second kappa shape index (κ2) is 6.85. The summed E-state index contributed by atoms with van der Waals surface area (Å²) in [6.07, 6.45) is 4.65. The number of nitrogens with two attached hydrogens (primary N) is 1. The highest BCUT2D eigenvalue weighted by Crippen LogP contribution is 2.26. The van der Waals surface area contributed by atoms with Crippen LogP contribution in [0.25, 0.3) is 16.9 Å². The maximum absolute atomic E-state index is 12.1. The van der Waals surface area contributed by atoms with Crippen LogP contribution in [0.15, 0.2) is 41.7 Å². The predicted octanol–water partition coefficient (Wildman–Crippen LogP) is 1.15. The minimum atomic E-state index is -3.76. The lowest BCUT2D eigenvalue weighted by molar-refractivity contribution is 0.0951. The molecule has 0 aliphatic heterocycles. The smallest absolute Gasteiger partial charge is 0.390 e. The monoisotopic (exact) mass is 415 g/mol. The van der Waals surface area contributed by atoms with Gasteiger partial charge in [0.1, 0.15) is 0 Å². The fraction of sp³-hybridized carbons (Fsp3) is 0.222. The van der Waals surface area contributed by atoms with Crippen LogP contribution in [-0.4, -0.2) is 47.1 Å². The second-order valence-electron chi connectivity index (χ2n) is 6.74. The van der Waals surface area contributed by atoms with Crippen LogP contribution in [0.4, 0.5) is 4.79 Å². The molecule has 150 valence electrons. The van der Waals surface area contributed by atoms with Crippen LogP contribution in [0, 0.1) is 0 Å². The molecule has 1 aliphatic rings. The zero-order valence-electron chi connectivity index (χ0n) is 15.3. The molecule has 1 aliphatic carbocycles. The number of nitrogens with one attached hydrogen (secondary N) is 1. The molecule has 2 heterocycles. The van der Waals surface area contributed by atoms with Crippen molar-refractivity contribution in [3.8, 4) is 17.1 Å². The summed E-state index contributed by atoms with van der Waals surface area (Å²) in [6.45, 7) is 0. The van der Waals surface area contributed by atoms with Crippen molar-refractivity contribution in [1.82, 2.24) is 19.7 Å². The van der Waals surface area contributed by atoms with Gasteiger partial charge in [0, 0.05) is 23.4 Å². The second-order valence-corrected chi connectivity index (χ2v) is 8.67. The van der Waals surface area contributed by atoms with E-state index in [1.807, 2.05) is 0 Å². The first-order valence-corrected chi connectivity index (χ1v) is 10.6. The molecule has 0 radical (unpaired) electrons. The number of amides is 2. The third-order valence-corrected chi connectivity index (χ3v) is 5.33. The van der Waals surface area contributed by atoms with Crippen LogP contribution in [0.2, 0.25) is 0 Å². The Bertz CT molecular complexity index is 1230. The summed E-state index contributed by atoms with van der Waals surface area (Å²) in [5, 5.41) is 2.57. The van der Waals surface area contributed by atoms with Crippen LogP contribution in [0.3, 0.4) is 0 Å². The molecule has 29 heavy (non-hydrogen) atoms. The van der Waals surface area contributed by atoms with Gasteiger partial charge in [-0.15, -0.1) is 0 Å². The van der Waals surface area contributed by atoms with E-state index in [9.17, 15) is 18.0 Å². The van der Waals surface area contributed by atoms with E-state index in [0.717, 1.165) is 19.1 Å². The van der Waals surface area contributed by atoms with Gasteiger partial charge in [-0.25, -0.2) is 18.2 Å². The van der Waals surface area contributed by atoms with Crippen LogP contribution >= 0.6 is 0 Å². The van der Waals surface area contributed by atoms with E-state index in [1.165, 1.54) is 16.8 Å². The first-order chi connectivity index (χ1) is 13.7. The SMILES string of the molecule is CS(=O)(=O)c1nc(OC(N)=O)cn2c(-c3ccc(C(=O)NC4CC4)cc3)cnc12. The molecule has 1 fully saturated rings. The van der Waals surface area contributed by atoms with Crippen molar-refractivity contribution in [2.24, 2.45) is 5.73 Å². The number of carbonyl (C=O) groups is 2. The molecule has 10 nitrogen and oxygen atoms in total. The number of fused-ring (bicyclic) bond motifs is 1. The van der Waals surface area contributed by atoms with E-state index >= 15 is 0 Å². The van der Waals surface area contributed by atoms with E-state index in [4.69, 9.17) is 10.5 Å². The highest BCUT2D eigenvalue weighted by molar-refractivity contribution is 7.90. The van der Waals surface area contributed by atoms with Gasteiger partial charge in [0.25, 0.3) is 5.91 Å². The molecule has 0 spiro atoms. The number of benzene rings is 1. The molecule has 1 aromatic carbocycles. The predicted molar refractivity (Wildman–Crippen MR) is 102 cm³/mol. The van der Waals surface area contributed by atoms with Gasteiger partial charge in [0.2, 0.25) is 10.9 Å². The minimum absolute atomic E-state index is 0.0786. The Morgan fingerprint density at radius 2 is 1.93 bits per heavy atom. The van der Waals surface area contributed by atoms with Crippen molar-refractivity contribution in [3.05, 3.63) is 42.2 Å². The first kappa shape index (κ1) is 18.9. The Kier molecular flexibility index (Phi) is 4.46. The quantitative estimate of drug-likeness (QED) is 0.635. The van der Waals surface area contributed by atoms with Crippen molar-refractivity contribution < 1.29 is 22.7 Å². The Morgan fingerprint density at radius 1 is 1.24 bits per heavy atom. The van der Waals surface area contributed by atoms with E-state index in [-0.39, 0.29) is 28.5 Å². The number of hydrogen-bond donors (Lipinski definition) is 2. The summed E-state index contributed by atoms with van der Waals surface area (Å²) in [7, 11) is -3.76. The maximum Gasteiger partial charge on any atom is 0.411 e. The van der Waals surface area contributed by atoms with Crippen molar-refractivity contribution in [2.75, 3.05) is 6.26 Å². The van der Waals surface area contributed by atoms with Crippen LogP contribution in [0.5, 0.6) is 5.88 Å². The standard InChI is InChI=1S/C18H17N5O5S/c1-29(26,27)17-15-20-8-13(23(15)9-14(22-17)28-18(19)25)10-2-4-11(5-3-10)16(24)21-12-6-7-12/h2-5,8-9,12H,6-7H2,1H3,(H2,19,25)(H,21,24). The lowest BCUT2D eigenvalue weighted by Crippen LogP contribution is -2.25. The third kappa shape index (κ3) is 3.90. The summed E-state index contributed by atoms with van der Waals surface area (Å²) in [5.74, 6) is -0.414. The zero-order valence-corrected chi connectivity index (χ0v) is 16.1. The molecule has 11 heteroatoms. The van der Waals surface area contributed by atoms with Gasteiger partial charge in [-0.2, -0.15) is 4.98 Å². The number of rotatable bonds is 5. The highest BCUT2D eigenvalue weighted by atomic mass is 32.2. The molecule has 2 aromatic heterocycles. The normalized spacial score (nSPS) is 14.0. The summed E-state index contributed by atoms with van der Waals surface area (Å²) in [6, 6.07) is 7.05. The van der Waals surface area contributed by atoms with Crippen LogP contribution in [-0.2, 0) is 9.84 Å². The van der Waals surface area contributed by atoms with E-state index in [0.29, 0.717) is 16.8 Å². The fourth-order valence-electron chi connectivity index (χ4n) is 2.84. The average Bonchev–Trinajstić information content (AvgIpc) is 3.36. The van der Waals surface area contributed by atoms with Crippen LogP contribution in [0.1, 0.15) is 23.2 Å². The number of primary amides is 1. The lowest BCUT2D eigenvalue weighted by atomic mass is 10.1. The van der Waals surface area contributed by atoms with Crippen molar-refractivity contribution in [1.29, 1.82) is 0 Å². The van der Waals surface area contributed by atoms with Crippen molar-refractivity contribution in [3.63, 3.8) is 0 Å². The molecule has 0 bridgehead atoms. The molecule has 3 N–H and O–H groups in total. The summed E-state index contributed by atoms with van der Waals surface area (Å²) in [5.41, 5.74) is 6.82.